The highest BCUT2D eigenvalue weighted by Gasteiger charge is 2.13. The first-order valence-corrected chi connectivity index (χ1v) is 8.26. The van der Waals surface area contributed by atoms with E-state index in [0.29, 0.717) is 17.4 Å². The van der Waals surface area contributed by atoms with Crippen LogP contribution in [0.15, 0.2) is 29.2 Å². The molecule has 1 aromatic rings. The average molecular weight is 284 g/mol. The molecule has 0 amide bonds. The van der Waals surface area contributed by atoms with Crippen LogP contribution in [-0.4, -0.2) is 28.1 Å². The van der Waals surface area contributed by atoms with Crippen LogP contribution in [0, 0.1) is 0 Å². The van der Waals surface area contributed by atoms with E-state index in [9.17, 15) is 8.42 Å². The van der Waals surface area contributed by atoms with Crippen molar-refractivity contribution >= 4 is 10.0 Å². The van der Waals surface area contributed by atoms with E-state index in [1.807, 2.05) is 19.1 Å². The van der Waals surface area contributed by atoms with Crippen LogP contribution in [0.1, 0.15) is 38.7 Å². The normalized spacial score (nSPS) is 12.0. The summed E-state index contributed by atoms with van der Waals surface area (Å²) in [5, 5.41) is 3.16. The van der Waals surface area contributed by atoms with Gasteiger partial charge in [0, 0.05) is 6.54 Å². The van der Waals surface area contributed by atoms with Gasteiger partial charge in [0.15, 0.2) is 0 Å². The number of nitrogens with one attached hydrogen (secondary N) is 2. The Hall–Kier alpha value is -0.910. The number of sulfonamides is 1. The van der Waals surface area contributed by atoms with E-state index in [1.165, 1.54) is 0 Å². The van der Waals surface area contributed by atoms with Gasteiger partial charge in [-0.25, -0.2) is 13.1 Å². The van der Waals surface area contributed by atoms with Crippen LogP contribution in [0.3, 0.4) is 0 Å². The quantitative estimate of drug-likeness (QED) is 0.719. The second-order valence-corrected chi connectivity index (χ2v) is 6.60. The summed E-state index contributed by atoms with van der Waals surface area (Å²) in [5.74, 6) is 0.407. The highest BCUT2D eigenvalue weighted by Crippen LogP contribution is 2.17. The number of benzene rings is 1. The summed E-state index contributed by atoms with van der Waals surface area (Å²) >= 11 is 0. The van der Waals surface area contributed by atoms with Gasteiger partial charge in [0.2, 0.25) is 10.0 Å². The Balaban J connectivity index is 2.57. The molecule has 0 spiro atoms. The van der Waals surface area contributed by atoms with Crippen LogP contribution in [0.5, 0.6) is 0 Å². The van der Waals surface area contributed by atoms with Crippen molar-refractivity contribution in [2.24, 2.45) is 0 Å². The summed E-state index contributed by atoms with van der Waals surface area (Å²) in [7, 11) is -3.37. The molecule has 4 nitrogen and oxygen atoms in total. The van der Waals surface area contributed by atoms with Gasteiger partial charge in [0.1, 0.15) is 0 Å². The lowest BCUT2D eigenvalue weighted by Gasteiger charge is -2.09. The third-order valence-electron chi connectivity index (χ3n) is 2.93. The second kappa shape index (κ2) is 7.62. The number of hydrogen-bond acceptors (Lipinski definition) is 3. The molecule has 5 heteroatoms. The second-order valence-electron chi connectivity index (χ2n) is 4.83. The maximum absolute atomic E-state index is 12.0. The Morgan fingerprint density at radius 3 is 2.26 bits per heavy atom. The smallest absolute Gasteiger partial charge is 0.240 e. The van der Waals surface area contributed by atoms with E-state index in [1.54, 1.807) is 12.1 Å². The summed E-state index contributed by atoms with van der Waals surface area (Å²) in [6, 6.07) is 7.08. The molecule has 0 bridgehead atoms. The molecule has 1 rings (SSSR count). The fourth-order valence-corrected chi connectivity index (χ4v) is 2.79. The van der Waals surface area contributed by atoms with E-state index in [4.69, 9.17) is 0 Å². The summed E-state index contributed by atoms with van der Waals surface area (Å²) in [6.45, 7) is 8.39. The minimum absolute atomic E-state index is 0.334. The lowest BCUT2D eigenvalue weighted by atomic mass is 10.0. The Bertz CT molecular complexity index is 467. The Labute approximate surface area is 116 Å². The third kappa shape index (κ3) is 5.30. The molecule has 0 saturated heterocycles. The first kappa shape index (κ1) is 16.1. The first-order valence-electron chi connectivity index (χ1n) is 6.77. The molecule has 0 radical (unpaired) electrons. The van der Waals surface area contributed by atoms with Gasteiger partial charge in [-0.2, -0.15) is 0 Å². The van der Waals surface area contributed by atoms with Gasteiger partial charge in [-0.1, -0.05) is 32.9 Å². The zero-order valence-corrected chi connectivity index (χ0v) is 12.8. The predicted octanol–water partition coefficient (Wildman–Crippen LogP) is 2.09. The Morgan fingerprint density at radius 1 is 1.11 bits per heavy atom. The fourth-order valence-electron chi connectivity index (χ4n) is 1.71. The highest BCUT2D eigenvalue weighted by molar-refractivity contribution is 7.89. The molecule has 1 aromatic carbocycles. The lowest BCUT2D eigenvalue weighted by molar-refractivity contribution is 0.575. The van der Waals surface area contributed by atoms with Gasteiger partial charge in [0.05, 0.1) is 4.90 Å². The average Bonchev–Trinajstić information content (AvgIpc) is 2.38. The van der Waals surface area contributed by atoms with Crippen LogP contribution in [0.4, 0.5) is 0 Å². The van der Waals surface area contributed by atoms with Crippen LogP contribution in [-0.2, 0) is 10.0 Å². The van der Waals surface area contributed by atoms with Crippen molar-refractivity contribution in [3.8, 4) is 0 Å². The molecule has 0 aliphatic heterocycles. The van der Waals surface area contributed by atoms with Gasteiger partial charge in [-0.15, -0.1) is 0 Å². The Morgan fingerprint density at radius 2 is 1.74 bits per heavy atom. The summed E-state index contributed by atoms with van der Waals surface area (Å²) in [5.41, 5.74) is 1.14. The highest BCUT2D eigenvalue weighted by atomic mass is 32.2. The lowest BCUT2D eigenvalue weighted by Crippen LogP contribution is -2.27. The molecule has 0 aliphatic rings. The van der Waals surface area contributed by atoms with Crippen molar-refractivity contribution < 1.29 is 8.42 Å². The largest absolute Gasteiger partial charge is 0.317 e. The molecule has 19 heavy (non-hydrogen) atoms. The van der Waals surface area contributed by atoms with Crippen LogP contribution >= 0.6 is 0 Å². The Kier molecular flexibility index (Phi) is 6.48. The van der Waals surface area contributed by atoms with Gasteiger partial charge in [-0.05, 0) is 43.1 Å². The molecule has 0 heterocycles. The molecule has 0 aliphatic carbocycles. The molecule has 108 valence electrons. The first-order chi connectivity index (χ1) is 8.97. The van der Waals surface area contributed by atoms with E-state index in [2.05, 4.69) is 23.9 Å². The van der Waals surface area contributed by atoms with Crippen LogP contribution in [0.25, 0.3) is 0 Å². The van der Waals surface area contributed by atoms with Gasteiger partial charge < -0.3 is 5.32 Å². The molecule has 0 saturated carbocycles. The van der Waals surface area contributed by atoms with Crippen molar-refractivity contribution in [1.29, 1.82) is 0 Å². The molecule has 0 fully saturated rings. The predicted molar refractivity (Wildman–Crippen MR) is 78.9 cm³/mol. The third-order valence-corrected chi connectivity index (χ3v) is 4.41. The molecule has 2 N–H and O–H groups in total. The van der Waals surface area contributed by atoms with Crippen molar-refractivity contribution in [1.82, 2.24) is 10.0 Å². The maximum atomic E-state index is 12.0. The molecule has 0 aromatic heterocycles. The zero-order valence-electron chi connectivity index (χ0n) is 11.9. The van der Waals surface area contributed by atoms with Crippen molar-refractivity contribution in [3.63, 3.8) is 0 Å². The summed E-state index contributed by atoms with van der Waals surface area (Å²) in [6.07, 6.45) is 0.789. The summed E-state index contributed by atoms with van der Waals surface area (Å²) < 4.78 is 26.6. The van der Waals surface area contributed by atoms with E-state index >= 15 is 0 Å². The maximum Gasteiger partial charge on any atom is 0.240 e. The molecule has 0 atom stereocenters. The van der Waals surface area contributed by atoms with Gasteiger partial charge in [-0.3, -0.25) is 0 Å². The molecule has 0 unspecified atom stereocenters. The zero-order chi connectivity index (χ0) is 14.3. The van der Waals surface area contributed by atoms with Gasteiger partial charge >= 0.3 is 0 Å². The standard InChI is InChI=1S/C14H24N2O2S/c1-4-15-10-5-11-16-19(17,18)14-8-6-13(7-9-14)12(2)3/h6-9,12,15-16H,4-5,10-11H2,1-3H3. The van der Waals surface area contributed by atoms with Crippen molar-refractivity contribution in [2.75, 3.05) is 19.6 Å². The van der Waals surface area contributed by atoms with Crippen LogP contribution < -0.4 is 10.0 Å². The fraction of sp³-hybridized carbons (Fsp3) is 0.571. The minimum Gasteiger partial charge on any atom is -0.317 e. The van der Waals surface area contributed by atoms with Crippen LogP contribution in [0.2, 0.25) is 0 Å². The topological polar surface area (TPSA) is 58.2 Å². The number of rotatable bonds is 8. The number of hydrogen-bond donors (Lipinski definition) is 2. The van der Waals surface area contributed by atoms with Crippen molar-refractivity contribution in [3.05, 3.63) is 29.8 Å². The van der Waals surface area contributed by atoms with Crippen molar-refractivity contribution in [2.45, 2.75) is 38.0 Å². The van der Waals surface area contributed by atoms with E-state index in [-0.39, 0.29) is 0 Å². The minimum atomic E-state index is -3.37. The van der Waals surface area contributed by atoms with Gasteiger partial charge in [0.25, 0.3) is 0 Å². The molecular weight excluding hydrogens is 260 g/mol. The van der Waals surface area contributed by atoms with E-state index in [0.717, 1.165) is 25.1 Å². The molecular formula is C14H24N2O2S. The monoisotopic (exact) mass is 284 g/mol. The summed E-state index contributed by atoms with van der Waals surface area (Å²) in [4.78, 5) is 0.334. The van der Waals surface area contributed by atoms with E-state index < -0.39 is 10.0 Å². The SMILES string of the molecule is CCNCCCNS(=O)(=O)c1ccc(C(C)C)cc1.